The monoisotopic (exact) mass is 250 g/mol. The number of rotatable bonds is 3. The fourth-order valence-corrected chi connectivity index (χ4v) is 1.92. The van der Waals surface area contributed by atoms with Crippen LogP contribution < -0.4 is 5.32 Å². The van der Waals surface area contributed by atoms with E-state index in [1.807, 2.05) is 6.92 Å². The number of nitrogens with zero attached hydrogens (tertiary/aromatic N) is 1. The predicted octanol–water partition coefficient (Wildman–Crippen LogP) is 0.687. The number of amides is 1. The Morgan fingerprint density at radius 2 is 2.33 bits per heavy atom. The molecule has 0 radical (unpaired) electrons. The van der Waals surface area contributed by atoms with Crippen molar-refractivity contribution in [2.75, 3.05) is 6.61 Å². The van der Waals surface area contributed by atoms with Crippen LogP contribution in [0.4, 0.5) is 0 Å². The summed E-state index contributed by atoms with van der Waals surface area (Å²) < 4.78 is 5.33. The zero-order valence-corrected chi connectivity index (χ0v) is 9.92. The average molecular weight is 250 g/mol. The summed E-state index contributed by atoms with van der Waals surface area (Å²) in [4.78, 5) is 26.8. The van der Waals surface area contributed by atoms with Crippen molar-refractivity contribution in [3.05, 3.63) is 29.6 Å². The lowest BCUT2D eigenvalue weighted by Gasteiger charge is -2.16. The van der Waals surface area contributed by atoms with Gasteiger partial charge < -0.3 is 15.2 Å². The molecule has 0 spiro atoms. The molecule has 2 heterocycles. The highest BCUT2D eigenvalue weighted by Gasteiger charge is 2.27. The van der Waals surface area contributed by atoms with Crippen molar-refractivity contribution in [2.45, 2.75) is 25.5 Å². The first kappa shape index (κ1) is 12.5. The van der Waals surface area contributed by atoms with Crippen LogP contribution in [0.1, 0.15) is 34.2 Å². The van der Waals surface area contributed by atoms with Gasteiger partial charge in [-0.15, -0.1) is 0 Å². The number of carbonyl (C=O) groups excluding carboxylic acids is 1. The van der Waals surface area contributed by atoms with Gasteiger partial charge >= 0.3 is 5.97 Å². The maximum absolute atomic E-state index is 12.0. The maximum Gasteiger partial charge on any atom is 0.338 e. The van der Waals surface area contributed by atoms with E-state index in [0.29, 0.717) is 6.61 Å². The zero-order chi connectivity index (χ0) is 13.1. The van der Waals surface area contributed by atoms with Gasteiger partial charge in [0.1, 0.15) is 5.69 Å². The molecule has 1 fully saturated rings. The number of carboxylic acid groups (broad SMARTS) is 1. The van der Waals surface area contributed by atoms with Crippen molar-refractivity contribution in [1.29, 1.82) is 0 Å². The lowest BCUT2D eigenvalue weighted by atomic mass is 10.1. The van der Waals surface area contributed by atoms with E-state index in [9.17, 15) is 9.59 Å². The molecule has 2 unspecified atom stereocenters. The summed E-state index contributed by atoms with van der Waals surface area (Å²) in [5.74, 6) is -1.64. The highest BCUT2D eigenvalue weighted by molar-refractivity contribution is 6.03. The highest BCUT2D eigenvalue weighted by atomic mass is 16.5. The second-order valence-electron chi connectivity index (χ2n) is 4.15. The minimum absolute atomic E-state index is 0.0639. The van der Waals surface area contributed by atoms with E-state index >= 15 is 0 Å². The largest absolute Gasteiger partial charge is 0.478 e. The number of aromatic nitrogens is 1. The van der Waals surface area contributed by atoms with Gasteiger partial charge in [0.05, 0.1) is 17.7 Å². The molecule has 2 N–H and O–H groups in total. The van der Waals surface area contributed by atoms with Gasteiger partial charge in [-0.05, 0) is 25.5 Å². The van der Waals surface area contributed by atoms with Crippen molar-refractivity contribution in [3.8, 4) is 0 Å². The predicted molar refractivity (Wildman–Crippen MR) is 62.5 cm³/mol. The molecule has 0 aliphatic carbocycles. The van der Waals surface area contributed by atoms with Crippen LogP contribution in [0.15, 0.2) is 18.3 Å². The van der Waals surface area contributed by atoms with E-state index < -0.39 is 11.9 Å². The number of carboxylic acids is 1. The Morgan fingerprint density at radius 1 is 1.56 bits per heavy atom. The summed E-state index contributed by atoms with van der Waals surface area (Å²) in [5.41, 5.74) is -0.161. The topological polar surface area (TPSA) is 88.5 Å². The Kier molecular flexibility index (Phi) is 3.57. The minimum Gasteiger partial charge on any atom is -0.478 e. The van der Waals surface area contributed by atoms with E-state index in [1.54, 1.807) is 0 Å². The van der Waals surface area contributed by atoms with Gasteiger partial charge in [-0.2, -0.15) is 0 Å². The van der Waals surface area contributed by atoms with Gasteiger partial charge in [-0.1, -0.05) is 0 Å². The molecule has 1 saturated heterocycles. The first-order valence-corrected chi connectivity index (χ1v) is 5.70. The highest BCUT2D eigenvalue weighted by Crippen LogP contribution is 2.14. The summed E-state index contributed by atoms with van der Waals surface area (Å²) in [7, 11) is 0. The van der Waals surface area contributed by atoms with Gasteiger partial charge in [-0.25, -0.2) is 4.79 Å². The van der Waals surface area contributed by atoms with Crippen molar-refractivity contribution < 1.29 is 19.4 Å². The van der Waals surface area contributed by atoms with E-state index in [-0.39, 0.29) is 23.4 Å². The third kappa shape index (κ3) is 2.48. The fraction of sp³-hybridized carbons (Fsp3) is 0.417. The van der Waals surface area contributed by atoms with Gasteiger partial charge in [0.15, 0.2) is 0 Å². The maximum atomic E-state index is 12.0. The van der Waals surface area contributed by atoms with E-state index in [0.717, 1.165) is 6.42 Å². The molecule has 0 saturated carbocycles. The number of ether oxygens (including phenoxy) is 1. The molecule has 1 aliphatic rings. The minimum atomic E-state index is -1.16. The summed E-state index contributed by atoms with van der Waals surface area (Å²) in [5, 5.41) is 11.7. The van der Waals surface area contributed by atoms with Crippen LogP contribution in [0, 0.1) is 0 Å². The van der Waals surface area contributed by atoms with Crippen molar-refractivity contribution in [2.24, 2.45) is 0 Å². The summed E-state index contributed by atoms with van der Waals surface area (Å²) in [6.07, 6.45) is 2.06. The van der Waals surface area contributed by atoms with Crippen LogP contribution in [0.2, 0.25) is 0 Å². The van der Waals surface area contributed by atoms with Gasteiger partial charge in [0.2, 0.25) is 0 Å². The second-order valence-corrected chi connectivity index (χ2v) is 4.15. The molecule has 18 heavy (non-hydrogen) atoms. The van der Waals surface area contributed by atoms with Crippen LogP contribution in [-0.2, 0) is 4.74 Å². The Bertz CT molecular complexity index is 475. The zero-order valence-electron chi connectivity index (χ0n) is 9.92. The molecule has 1 aromatic heterocycles. The van der Waals surface area contributed by atoms with Crippen LogP contribution >= 0.6 is 0 Å². The molecule has 1 aromatic rings. The molecule has 6 nitrogen and oxygen atoms in total. The van der Waals surface area contributed by atoms with Crippen LogP contribution in [-0.4, -0.2) is 40.7 Å². The standard InChI is InChI=1S/C12H14N2O4/c1-7-9(4-6-18-7)14-11(15)10-8(12(16)17)3-2-5-13-10/h2-3,5,7,9H,4,6H2,1H3,(H,14,15)(H,16,17). The summed E-state index contributed by atoms with van der Waals surface area (Å²) >= 11 is 0. The van der Waals surface area contributed by atoms with Gasteiger partial charge in [0, 0.05) is 12.8 Å². The summed E-state index contributed by atoms with van der Waals surface area (Å²) in [6.45, 7) is 2.47. The molecule has 96 valence electrons. The number of nitrogens with one attached hydrogen (secondary N) is 1. The number of hydrogen-bond acceptors (Lipinski definition) is 4. The molecule has 2 rings (SSSR count). The Labute approximate surface area is 104 Å². The van der Waals surface area contributed by atoms with Crippen molar-refractivity contribution in [3.63, 3.8) is 0 Å². The molecule has 0 bridgehead atoms. The second kappa shape index (κ2) is 5.14. The fourth-order valence-electron chi connectivity index (χ4n) is 1.92. The van der Waals surface area contributed by atoms with E-state index in [2.05, 4.69) is 10.3 Å². The molecule has 1 aliphatic heterocycles. The molecule has 0 aromatic carbocycles. The first-order valence-electron chi connectivity index (χ1n) is 5.70. The molecule has 6 heteroatoms. The molecule has 1 amide bonds. The third-order valence-corrected chi connectivity index (χ3v) is 2.95. The number of hydrogen-bond donors (Lipinski definition) is 2. The normalized spacial score (nSPS) is 22.7. The molecular weight excluding hydrogens is 236 g/mol. The van der Waals surface area contributed by atoms with Crippen LogP contribution in [0.5, 0.6) is 0 Å². The lowest BCUT2D eigenvalue weighted by molar-refractivity contribution is 0.0688. The van der Waals surface area contributed by atoms with Gasteiger partial charge in [0.25, 0.3) is 5.91 Å². The Morgan fingerprint density at radius 3 is 2.94 bits per heavy atom. The SMILES string of the molecule is CC1OCCC1NC(=O)c1ncccc1C(=O)O. The van der Waals surface area contributed by atoms with E-state index in [1.165, 1.54) is 18.3 Å². The third-order valence-electron chi connectivity index (χ3n) is 2.95. The average Bonchev–Trinajstić information content (AvgIpc) is 2.75. The quantitative estimate of drug-likeness (QED) is 0.823. The van der Waals surface area contributed by atoms with Crippen LogP contribution in [0.25, 0.3) is 0 Å². The lowest BCUT2D eigenvalue weighted by Crippen LogP contribution is -2.40. The molecule has 2 atom stereocenters. The van der Waals surface area contributed by atoms with Crippen molar-refractivity contribution >= 4 is 11.9 Å². The van der Waals surface area contributed by atoms with Crippen LogP contribution in [0.3, 0.4) is 0 Å². The summed E-state index contributed by atoms with van der Waals surface area (Å²) in [6, 6.07) is 2.75. The first-order chi connectivity index (χ1) is 8.59. The van der Waals surface area contributed by atoms with Crippen molar-refractivity contribution in [1.82, 2.24) is 10.3 Å². The smallest absolute Gasteiger partial charge is 0.338 e. The number of aromatic carboxylic acids is 1. The number of carbonyl (C=O) groups is 2. The van der Waals surface area contributed by atoms with Gasteiger partial charge in [-0.3, -0.25) is 9.78 Å². The Hall–Kier alpha value is -1.95. The van der Waals surface area contributed by atoms with E-state index in [4.69, 9.17) is 9.84 Å². The Balaban J connectivity index is 2.16. The number of pyridine rings is 1. The molecular formula is C12H14N2O4.